The molecule has 96 valence electrons. The molecule has 0 fully saturated rings. The number of carbonyl (C=O) groups excluding carboxylic acids is 2. The second-order valence-electron chi connectivity index (χ2n) is 3.69. The highest BCUT2D eigenvalue weighted by Gasteiger charge is 2.15. The summed E-state index contributed by atoms with van der Waals surface area (Å²) in [4.78, 5) is 24.5. The Balaban J connectivity index is 2.70. The Bertz CT molecular complexity index is 414. The lowest BCUT2D eigenvalue weighted by molar-refractivity contribution is -0.148. The molecule has 1 aromatic rings. The van der Waals surface area contributed by atoms with Gasteiger partial charge in [0.2, 0.25) is 5.91 Å². The minimum Gasteiger partial charge on any atom is -0.465 e. The minimum atomic E-state index is -0.413. The number of benzene rings is 1. The van der Waals surface area contributed by atoms with Gasteiger partial charge in [-0.3, -0.25) is 9.59 Å². The van der Waals surface area contributed by atoms with Gasteiger partial charge in [-0.2, -0.15) is 0 Å². The topological polar surface area (TPSA) is 46.6 Å². The highest BCUT2D eigenvalue weighted by molar-refractivity contribution is 5.89. The van der Waals surface area contributed by atoms with Gasteiger partial charge in [-0.15, -0.1) is 0 Å². The normalized spacial score (nSPS) is 9.61. The highest BCUT2D eigenvalue weighted by atomic mass is 16.5. The fourth-order valence-corrected chi connectivity index (χ4v) is 1.51. The summed E-state index contributed by atoms with van der Waals surface area (Å²) >= 11 is 0. The third-order valence-corrected chi connectivity index (χ3v) is 2.33. The van der Waals surface area contributed by atoms with Gasteiger partial charge in [0.05, 0.1) is 6.61 Å². The average Bonchev–Trinajstić information content (AvgIpc) is 2.38. The van der Waals surface area contributed by atoms with Crippen molar-refractivity contribution in [2.24, 2.45) is 0 Å². The molecule has 0 spiro atoms. The van der Waals surface area contributed by atoms with Crippen LogP contribution in [0.4, 0.5) is 0 Å². The zero-order valence-electron chi connectivity index (χ0n) is 10.5. The maximum Gasteiger partial charge on any atom is 0.325 e. The second kappa shape index (κ2) is 7.27. The van der Waals surface area contributed by atoms with E-state index in [0.29, 0.717) is 13.2 Å². The smallest absolute Gasteiger partial charge is 0.325 e. The van der Waals surface area contributed by atoms with E-state index in [4.69, 9.17) is 4.74 Å². The van der Waals surface area contributed by atoms with Crippen LogP contribution in [0.25, 0.3) is 0 Å². The molecule has 0 aliphatic rings. The molecule has 0 aromatic heterocycles. The summed E-state index contributed by atoms with van der Waals surface area (Å²) in [5.74, 6) is -0.699. The first-order valence-corrected chi connectivity index (χ1v) is 5.78. The van der Waals surface area contributed by atoms with Gasteiger partial charge in [-0.25, -0.2) is 0 Å². The van der Waals surface area contributed by atoms with Gasteiger partial charge >= 0.3 is 5.97 Å². The van der Waals surface area contributed by atoms with Crippen molar-refractivity contribution >= 4 is 11.9 Å². The first kappa shape index (κ1) is 14.0. The summed E-state index contributed by atoms with van der Waals surface area (Å²) in [6, 6.07) is 9.46. The van der Waals surface area contributed by atoms with Gasteiger partial charge in [-0.1, -0.05) is 36.9 Å². The molecule has 4 nitrogen and oxygen atoms in total. The summed E-state index contributed by atoms with van der Waals surface area (Å²) in [6.07, 6.45) is 1.20. The van der Waals surface area contributed by atoms with Crippen LogP contribution in [0.3, 0.4) is 0 Å². The number of rotatable bonds is 6. The van der Waals surface area contributed by atoms with Crippen molar-refractivity contribution < 1.29 is 14.3 Å². The van der Waals surface area contributed by atoms with Crippen LogP contribution in [0.2, 0.25) is 0 Å². The maximum atomic E-state index is 11.7. The van der Waals surface area contributed by atoms with Crippen LogP contribution < -0.4 is 0 Å². The first-order valence-electron chi connectivity index (χ1n) is 5.78. The molecule has 0 atom stereocenters. The third-order valence-electron chi connectivity index (χ3n) is 2.33. The monoisotopic (exact) mass is 247 g/mol. The molecule has 0 heterocycles. The summed E-state index contributed by atoms with van der Waals surface area (Å²) in [5.41, 5.74) is 0.956. The van der Waals surface area contributed by atoms with Crippen molar-refractivity contribution in [1.82, 2.24) is 4.90 Å². The Morgan fingerprint density at radius 3 is 2.56 bits per heavy atom. The number of hydrogen-bond acceptors (Lipinski definition) is 3. The lowest BCUT2D eigenvalue weighted by Gasteiger charge is -2.20. The number of carbonyl (C=O) groups is 2. The Labute approximate surface area is 107 Å². The third kappa shape index (κ3) is 4.41. The van der Waals surface area contributed by atoms with Crippen LogP contribution in [0.1, 0.15) is 12.5 Å². The first-order chi connectivity index (χ1) is 8.67. The largest absolute Gasteiger partial charge is 0.465 e. The zero-order valence-corrected chi connectivity index (χ0v) is 10.5. The van der Waals surface area contributed by atoms with Gasteiger partial charge in [-0.05, 0) is 18.6 Å². The van der Waals surface area contributed by atoms with Crippen molar-refractivity contribution in [3.05, 3.63) is 48.6 Å². The summed E-state index contributed by atoms with van der Waals surface area (Å²) in [7, 11) is 0. The molecule has 0 aliphatic heterocycles. The van der Waals surface area contributed by atoms with Crippen molar-refractivity contribution in [3.8, 4) is 0 Å². The molecular formula is C14H17NO3. The number of esters is 1. The Hall–Kier alpha value is -2.10. The van der Waals surface area contributed by atoms with E-state index in [1.807, 2.05) is 30.3 Å². The molecule has 0 N–H and O–H groups in total. The Morgan fingerprint density at radius 1 is 1.33 bits per heavy atom. The fraction of sp³-hybridized carbons (Fsp3) is 0.286. The second-order valence-corrected chi connectivity index (χ2v) is 3.69. The molecule has 18 heavy (non-hydrogen) atoms. The van der Waals surface area contributed by atoms with Gasteiger partial charge in [0.15, 0.2) is 0 Å². The molecule has 0 saturated carbocycles. The molecule has 1 rings (SSSR count). The molecule has 0 bridgehead atoms. The predicted molar refractivity (Wildman–Crippen MR) is 68.7 cm³/mol. The van der Waals surface area contributed by atoms with Gasteiger partial charge in [0.1, 0.15) is 6.54 Å². The number of amides is 1. The van der Waals surface area contributed by atoms with E-state index in [0.717, 1.165) is 5.56 Å². The Morgan fingerprint density at radius 2 is 2.00 bits per heavy atom. The summed E-state index contributed by atoms with van der Waals surface area (Å²) in [5, 5.41) is 0. The van der Waals surface area contributed by atoms with Crippen molar-refractivity contribution in [2.45, 2.75) is 13.5 Å². The molecular weight excluding hydrogens is 230 g/mol. The van der Waals surface area contributed by atoms with E-state index in [2.05, 4.69) is 6.58 Å². The maximum absolute atomic E-state index is 11.7. The van der Waals surface area contributed by atoms with Crippen molar-refractivity contribution in [1.29, 1.82) is 0 Å². The van der Waals surface area contributed by atoms with Crippen LogP contribution in [0.5, 0.6) is 0 Å². The minimum absolute atomic E-state index is 0.0619. The SMILES string of the molecule is C=CC(=O)N(CC(=O)OCC)Cc1ccccc1. The van der Waals surface area contributed by atoms with Crippen LogP contribution in [-0.4, -0.2) is 29.9 Å². The van der Waals surface area contributed by atoms with E-state index in [1.54, 1.807) is 6.92 Å². The van der Waals surface area contributed by atoms with E-state index in [1.165, 1.54) is 11.0 Å². The van der Waals surface area contributed by atoms with E-state index in [-0.39, 0.29) is 12.5 Å². The quantitative estimate of drug-likeness (QED) is 0.568. The molecule has 0 unspecified atom stereocenters. The van der Waals surface area contributed by atoms with Gasteiger partial charge in [0, 0.05) is 6.54 Å². The molecule has 0 aliphatic carbocycles. The standard InChI is InChI=1S/C14H17NO3/c1-3-13(16)15(11-14(17)18-4-2)10-12-8-6-5-7-9-12/h3,5-9H,1,4,10-11H2,2H3. The lowest BCUT2D eigenvalue weighted by Crippen LogP contribution is -2.34. The van der Waals surface area contributed by atoms with Crippen molar-refractivity contribution in [2.75, 3.05) is 13.2 Å². The van der Waals surface area contributed by atoms with Crippen LogP contribution in [0.15, 0.2) is 43.0 Å². The van der Waals surface area contributed by atoms with Crippen LogP contribution in [-0.2, 0) is 20.9 Å². The van der Waals surface area contributed by atoms with Gasteiger partial charge in [0.25, 0.3) is 0 Å². The van der Waals surface area contributed by atoms with E-state index in [9.17, 15) is 9.59 Å². The molecule has 1 amide bonds. The van der Waals surface area contributed by atoms with Crippen LogP contribution in [0, 0.1) is 0 Å². The number of ether oxygens (including phenoxy) is 1. The fourth-order valence-electron chi connectivity index (χ4n) is 1.51. The number of nitrogens with zero attached hydrogens (tertiary/aromatic N) is 1. The molecule has 1 aromatic carbocycles. The average molecular weight is 247 g/mol. The Kier molecular flexibility index (Phi) is 5.64. The predicted octanol–water partition coefficient (Wildman–Crippen LogP) is 1.76. The van der Waals surface area contributed by atoms with Gasteiger partial charge < -0.3 is 9.64 Å². The van der Waals surface area contributed by atoms with E-state index < -0.39 is 5.97 Å². The molecule has 0 saturated heterocycles. The van der Waals surface area contributed by atoms with Crippen LogP contribution >= 0.6 is 0 Å². The molecule has 0 radical (unpaired) electrons. The van der Waals surface area contributed by atoms with Crippen molar-refractivity contribution in [3.63, 3.8) is 0 Å². The highest BCUT2D eigenvalue weighted by Crippen LogP contribution is 2.05. The summed E-state index contributed by atoms with van der Waals surface area (Å²) in [6.45, 7) is 5.77. The summed E-state index contributed by atoms with van der Waals surface area (Å²) < 4.78 is 4.84. The number of hydrogen-bond donors (Lipinski definition) is 0. The molecule has 4 heteroatoms. The van der Waals surface area contributed by atoms with E-state index >= 15 is 0 Å². The lowest BCUT2D eigenvalue weighted by atomic mass is 10.2. The zero-order chi connectivity index (χ0) is 13.4.